The van der Waals surface area contributed by atoms with Gasteiger partial charge in [0.25, 0.3) is 0 Å². The topological polar surface area (TPSA) is 50.9 Å². The molecule has 0 aliphatic heterocycles. The standard InChI is InChI=1S/C9H15N3S/c10-9-12-8(6-13-9)3-4-11-5-7-1-2-7/h6-7,11H,1-5H2,(H2,10,12). The van der Waals surface area contributed by atoms with E-state index in [-0.39, 0.29) is 0 Å². The van der Waals surface area contributed by atoms with Crippen molar-refractivity contribution in [2.75, 3.05) is 18.8 Å². The zero-order valence-corrected chi connectivity index (χ0v) is 8.44. The first-order valence-electron chi connectivity index (χ1n) is 4.75. The van der Waals surface area contributed by atoms with Gasteiger partial charge in [0.15, 0.2) is 5.13 Å². The monoisotopic (exact) mass is 197 g/mol. The highest BCUT2D eigenvalue weighted by atomic mass is 32.1. The number of nitrogens with zero attached hydrogens (tertiary/aromatic N) is 1. The van der Waals surface area contributed by atoms with E-state index in [1.165, 1.54) is 30.7 Å². The first-order valence-corrected chi connectivity index (χ1v) is 5.63. The third kappa shape index (κ3) is 2.97. The number of thiazole rings is 1. The Bertz CT molecular complexity index is 268. The second-order valence-electron chi connectivity index (χ2n) is 3.57. The lowest BCUT2D eigenvalue weighted by atomic mass is 10.3. The maximum absolute atomic E-state index is 5.53. The summed E-state index contributed by atoms with van der Waals surface area (Å²) in [5.41, 5.74) is 6.64. The fraction of sp³-hybridized carbons (Fsp3) is 0.667. The van der Waals surface area contributed by atoms with Crippen molar-refractivity contribution in [1.29, 1.82) is 0 Å². The summed E-state index contributed by atoms with van der Waals surface area (Å²) in [5, 5.41) is 6.14. The van der Waals surface area contributed by atoms with Crippen molar-refractivity contribution in [2.24, 2.45) is 5.92 Å². The molecule has 0 saturated heterocycles. The Morgan fingerprint density at radius 1 is 1.62 bits per heavy atom. The maximum atomic E-state index is 5.53. The minimum absolute atomic E-state index is 0.678. The van der Waals surface area contributed by atoms with Gasteiger partial charge in [0.05, 0.1) is 5.69 Å². The van der Waals surface area contributed by atoms with E-state index < -0.39 is 0 Å². The Labute approximate surface area is 82.4 Å². The fourth-order valence-electron chi connectivity index (χ4n) is 1.28. The van der Waals surface area contributed by atoms with Crippen LogP contribution in [0.5, 0.6) is 0 Å². The van der Waals surface area contributed by atoms with E-state index in [1.54, 1.807) is 0 Å². The van der Waals surface area contributed by atoms with Gasteiger partial charge in [-0.05, 0) is 25.3 Å². The van der Waals surface area contributed by atoms with Gasteiger partial charge >= 0.3 is 0 Å². The molecule has 0 atom stereocenters. The van der Waals surface area contributed by atoms with Crippen LogP contribution in [0.2, 0.25) is 0 Å². The van der Waals surface area contributed by atoms with E-state index >= 15 is 0 Å². The van der Waals surface area contributed by atoms with Crippen molar-refractivity contribution in [3.05, 3.63) is 11.1 Å². The van der Waals surface area contributed by atoms with Crippen LogP contribution in [0.15, 0.2) is 5.38 Å². The van der Waals surface area contributed by atoms with E-state index in [0.717, 1.165) is 24.6 Å². The predicted octanol–water partition coefficient (Wildman–Crippen LogP) is 1.27. The van der Waals surface area contributed by atoms with Crippen LogP contribution in [0.1, 0.15) is 18.5 Å². The molecular formula is C9H15N3S. The SMILES string of the molecule is Nc1nc(CCNCC2CC2)cs1. The van der Waals surface area contributed by atoms with Gasteiger partial charge in [-0.2, -0.15) is 0 Å². The van der Waals surface area contributed by atoms with Crippen molar-refractivity contribution < 1.29 is 0 Å². The molecule has 13 heavy (non-hydrogen) atoms. The summed E-state index contributed by atoms with van der Waals surface area (Å²) in [7, 11) is 0. The highest BCUT2D eigenvalue weighted by Gasteiger charge is 2.19. The minimum Gasteiger partial charge on any atom is -0.375 e. The molecule has 0 bridgehead atoms. The Kier molecular flexibility index (Phi) is 2.80. The lowest BCUT2D eigenvalue weighted by Crippen LogP contribution is -2.19. The van der Waals surface area contributed by atoms with Crippen LogP contribution in [0.3, 0.4) is 0 Å². The van der Waals surface area contributed by atoms with Crippen molar-refractivity contribution in [3.63, 3.8) is 0 Å². The zero-order chi connectivity index (χ0) is 9.10. The maximum Gasteiger partial charge on any atom is 0.180 e. The molecule has 1 fully saturated rings. The summed E-state index contributed by atoms with van der Waals surface area (Å²) >= 11 is 1.52. The number of nitrogens with two attached hydrogens (primary N) is 1. The Morgan fingerprint density at radius 3 is 3.08 bits per heavy atom. The molecule has 72 valence electrons. The van der Waals surface area contributed by atoms with E-state index in [0.29, 0.717) is 5.13 Å². The van der Waals surface area contributed by atoms with Gasteiger partial charge in [0.1, 0.15) is 0 Å². The van der Waals surface area contributed by atoms with Crippen molar-refractivity contribution >= 4 is 16.5 Å². The van der Waals surface area contributed by atoms with E-state index in [2.05, 4.69) is 10.3 Å². The van der Waals surface area contributed by atoms with Crippen molar-refractivity contribution in [1.82, 2.24) is 10.3 Å². The molecule has 3 nitrogen and oxygen atoms in total. The lowest BCUT2D eigenvalue weighted by molar-refractivity contribution is 0.634. The lowest BCUT2D eigenvalue weighted by Gasteiger charge is -2.00. The molecule has 2 rings (SSSR count). The Hall–Kier alpha value is -0.610. The summed E-state index contributed by atoms with van der Waals surface area (Å²) in [6.45, 7) is 2.21. The van der Waals surface area contributed by atoms with Crippen LogP contribution in [-0.4, -0.2) is 18.1 Å². The molecule has 1 aliphatic carbocycles. The number of nitrogens with one attached hydrogen (secondary N) is 1. The minimum atomic E-state index is 0.678. The number of anilines is 1. The van der Waals surface area contributed by atoms with Gasteiger partial charge in [0.2, 0.25) is 0 Å². The van der Waals surface area contributed by atoms with Crippen LogP contribution in [-0.2, 0) is 6.42 Å². The number of hydrogen-bond acceptors (Lipinski definition) is 4. The largest absolute Gasteiger partial charge is 0.375 e. The molecule has 0 unspecified atom stereocenters. The van der Waals surface area contributed by atoms with Crippen LogP contribution in [0.4, 0.5) is 5.13 Å². The fourth-order valence-corrected chi connectivity index (χ4v) is 1.88. The second kappa shape index (κ2) is 4.07. The molecule has 1 aromatic heterocycles. The molecule has 1 saturated carbocycles. The smallest absolute Gasteiger partial charge is 0.180 e. The quantitative estimate of drug-likeness (QED) is 0.699. The molecule has 0 amide bonds. The Balaban J connectivity index is 1.61. The first kappa shape index (κ1) is 8.97. The van der Waals surface area contributed by atoms with Gasteiger partial charge in [-0.1, -0.05) is 0 Å². The molecule has 0 aromatic carbocycles. The second-order valence-corrected chi connectivity index (χ2v) is 4.46. The summed E-state index contributed by atoms with van der Waals surface area (Å²) in [4.78, 5) is 4.20. The average Bonchev–Trinajstić information content (AvgIpc) is 2.84. The highest BCUT2D eigenvalue weighted by Crippen LogP contribution is 2.27. The number of nitrogen functional groups attached to an aromatic ring is 1. The predicted molar refractivity (Wildman–Crippen MR) is 55.8 cm³/mol. The van der Waals surface area contributed by atoms with Gasteiger partial charge in [0, 0.05) is 18.3 Å². The normalized spacial score (nSPS) is 16.3. The van der Waals surface area contributed by atoms with Crippen molar-refractivity contribution in [2.45, 2.75) is 19.3 Å². The van der Waals surface area contributed by atoms with Crippen LogP contribution < -0.4 is 11.1 Å². The van der Waals surface area contributed by atoms with Gasteiger partial charge < -0.3 is 11.1 Å². The molecular weight excluding hydrogens is 182 g/mol. The van der Waals surface area contributed by atoms with Crippen LogP contribution >= 0.6 is 11.3 Å². The third-order valence-corrected chi connectivity index (χ3v) is 2.98. The van der Waals surface area contributed by atoms with Gasteiger partial charge in [-0.15, -0.1) is 11.3 Å². The molecule has 4 heteroatoms. The first-order chi connectivity index (χ1) is 6.34. The third-order valence-electron chi connectivity index (χ3n) is 2.26. The average molecular weight is 197 g/mol. The molecule has 1 aromatic rings. The van der Waals surface area contributed by atoms with E-state index in [9.17, 15) is 0 Å². The summed E-state index contributed by atoms with van der Waals surface area (Å²) < 4.78 is 0. The van der Waals surface area contributed by atoms with Crippen LogP contribution in [0, 0.1) is 5.92 Å². The van der Waals surface area contributed by atoms with Gasteiger partial charge in [-0.25, -0.2) is 4.98 Å². The molecule has 0 radical (unpaired) electrons. The summed E-state index contributed by atoms with van der Waals surface area (Å²) in [6.07, 6.45) is 3.83. The van der Waals surface area contributed by atoms with Crippen molar-refractivity contribution in [3.8, 4) is 0 Å². The molecule has 0 spiro atoms. The van der Waals surface area contributed by atoms with Crippen LogP contribution in [0.25, 0.3) is 0 Å². The van der Waals surface area contributed by atoms with E-state index in [4.69, 9.17) is 5.73 Å². The molecule has 3 N–H and O–H groups in total. The number of hydrogen-bond donors (Lipinski definition) is 2. The number of aromatic nitrogens is 1. The summed E-state index contributed by atoms with van der Waals surface area (Å²) in [5.74, 6) is 0.959. The highest BCUT2D eigenvalue weighted by molar-refractivity contribution is 7.13. The summed E-state index contributed by atoms with van der Waals surface area (Å²) in [6, 6.07) is 0. The zero-order valence-electron chi connectivity index (χ0n) is 7.62. The van der Waals surface area contributed by atoms with Gasteiger partial charge in [-0.3, -0.25) is 0 Å². The molecule has 1 aliphatic rings. The van der Waals surface area contributed by atoms with E-state index in [1.807, 2.05) is 5.38 Å². The Morgan fingerprint density at radius 2 is 2.46 bits per heavy atom. The number of rotatable bonds is 5. The molecule has 1 heterocycles.